The average Bonchev–Trinajstić information content (AvgIpc) is 2.42. The van der Waals surface area contributed by atoms with Gasteiger partial charge in [-0.2, -0.15) is 0 Å². The third-order valence-corrected chi connectivity index (χ3v) is 4.07. The average molecular weight is 302 g/mol. The van der Waals surface area contributed by atoms with E-state index in [2.05, 4.69) is 4.72 Å². The molecule has 0 heterocycles. The molecule has 0 aliphatic rings. The molecule has 20 heavy (non-hydrogen) atoms. The lowest BCUT2D eigenvalue weighted by molar-refractivity contribution is 0.122. The molecule has 0 unspecified atom stereocenters. The van der Waals surface area contributed by atoms with Gasteiger partial charge in [-0.3, -0.25) is 0 Å². The van der Waals surface area contributed by atoms with Crippen molar-refractivity contribution in [1.29, 1.82) is 0 Å². The molecule has 114 valence electrons. The number of sulfonamides is 1. The van der Waals surface area contributed by atoms with Gasteiger partial charge < -0.3 is 14.7 Å². The van der Waals surface area contributed by atoms with Crippen LogP contribution < -0.4 is 4.72 Å². The van der Waals surface area contributed by atoms with Crippen LogP contribution in [0.4, 0.5) is 0 Å². The van der Waals surface area contributed by atoms with E-state index in [1.807, 2.05) is 19.0 Å². The summed E-state index contributed by atoms with van der Waals surface area (Å²) in [7, 11) is 0.341. The van der Waals surface area contributed by atoms with E-state index >= 15 is 0 Å². The molecule has 7 heteroatoms. The van der Waals surface area contributed by atoms with E-state index < -0.39 is 10.0 Å². The van der Waals surface area contributed by atoms with Crippen LogP contribution >= 0.6 is 0 Å². The fourth-order valence-corrected chi connectivity index (χ4v) is 2.57. The normalized spacial score (nSPS) is 12.0. The third-order valence-electron chi connectivity index (χ3n) is 2.61. The number of aliphatic hydroxyl groups is 1. The molecule has 2 N–H and O–H groups in total. The van der Waals surface area contributed by atoms with Gasteiger partial charge in [-0.25, -0.2) is 13.1 Å². The molecular formula is C13H22N2O4S. The monoisotopic (exact) mass is 302 g/mol. The van der Waals surface area contributed by atoms with Gasteiger partial charge in [0.05, 0.1) is 24.7 Å². The summed E-state index contributed by atoms with van der Waals surface area (Å²) in [5.74, 6) is 0. The van der Waals surface area contributed by atoms with Crippen LogP contribution in [0.15, 0.2) is 29.2 Å². The van der Waals surface area contributed by atoms with Crippen molar-refractivity contribution in [3.63, 3.8) is 0 Å². The molecule has 0 fully saturated rings. The van der Waals surface area contributed by atoms with Crippen LogP contribution in [-0.4, -0.2) is 58.8 Å². The van der Waals surface area contributed by atoms with Gasteiger partial charge in [0.25, 0.3) is 0 Å². The highest BCUT2D eigenvalue weighted by Gasteiger charge is 2.13. The molecule has 0 bridgehead atoms. The molecule has 0 atom stereocenters. The van der Waals surface area contributed by atoms with Crippen molar-refractivity contribution >= 4 is 10.0 Å². The van der Waals surface area contributed by atoms with Gasteiger partial charge in [-0.05, 0) is 31.8 Å². The van der Waals surface area contributed by atoms with Gasteiger partial charge in [-0.1, -0.05) is 12.1 Å². The lowest BCUT2D eigenvalue weighted by Gasteiger charge is -2.11. The van der Waals surface area contributed by atoms with E-state index in [0.29, 0.717) is 18.8 Å². The summed E-state index contributed by atoms with van der Waals surface area (Å²) < 4.78 is 31.7. The second-order valence-corrected chi connectivity index (χ2v) is 6.39. The van der Waals surface area contributed by atoms with Gasteiger partial charge in [0.1, 0.15) is 0 Å². The second-order valence-electron chi connectivity index (χ2n) is 4.62. The van der Waals surface area contributed by atoms with E-state index in [1.54, 1.807) is 12.1 Å². The fourth-order valence-electron chi connectivity index (χ4n) is 1.49. The molecule has 0 aliphatic heterocycles. The first-order valence-electron chi connectivity index (χ1n) is 6.37. The summed E-state index contributed by atoms with van der Waals surface area (Å²) in [6.45, 7) is 1.73. The van der Waals surface area contributed by atoms with E-state index in [1.165, 1.54) is 12.1 Å². The number of nitrogens with one attached hydrogen (secondary N) is 1. The van der Waals surface area contributed by atoms with Crippen molar-refractivity contribution in [2.75, 3.05) is 40.4 Å². The molecule has 1 rings (SSSR count). The van der Waals surface area contributed by atoms with E-state index in [0.717, 1.165) is 6.54 Å². The SMILES string of the molecule is CN(C)CCOCCNS(=O)(=O)c1cccc(CO)c1. The molecule has 1 aromatic carbocycles. The van der Waals surface area contributed by atoms with Crippen LogP contribution in [0.3, 0.4) is 0 Å². The van der Waals surface area contributed by atoms with Crippen molar-refractivity contribution < 1.29 is 18.3 Å². The van der Waals surface area contributed by atoms with Crippen LogP contribution in [0.2, 0.25) is 0 Å². The number of benzene rings is 1. The van der Waals surface area contributed by atoms with E-state index in [4.69, 9.17) is 9.84 Å². The summed E-state index contributed by atoms with van der Waals surface area (Å²) in [5, 5.41) is 9.01. The summed E-state index contributed by atoms with van der Waals surface area (Å²) in [6, 6.07) is 6.22. The van der Waals surface area contributed by atoms with Gasteiger partial charge >= 0.3 is 0 Å². The number of nitrogens with zero attached hydrogens (tertiary/aromatic N) is 1. The Balaban J connectivity index is 2.41. The van der Waals surface area contributed by atoms with Crippen LogP contribution in [0, 0.1) is 0 Å². The maximum absolute atomic E-state index is 12.0. The molecular weight excluding hydrogens is 280 g/mol. The van der Waals surface area contributed by atoms with Gasteiger partial charge in [0.2, 0.25) is 10.0 Å². The third kappa shape index (κ3) is 5.98. The standard InChI is InChI=1S/C13H22N2O4S/c1-15(2)7-9-19-8-6-14-20(17,18)13-5-3-4-12(10-13)11-16/h3-5,10,14,16H,6-9,11H2,1-2H3. The first kappa shape index (κ1) is 17.1. The van der Waals surface area contributed by atoms with Crippen molar-refractivity contribution in [2.45, 2.75) is 11.5 Å². The Morgan fingerprint density at radius 3 is 2.70 bits per heavy atom. The van der Waals surface area contributed by atoms with Crippen molar-refractivity contribution in [2.24, 2.45) is 0 Å². The minimum absolute atomic E-state index is 0.150. The zero-order chi connectivity index (χ0) is 15.0. The van der Waals surface area contributed by atoms with Gasteiger partial charge in [0.15, 0.2) is 0 Å². The van der Waals surface area contributed by atoms with Crippen molar-refractivity contribution in [3.05, 3.63) is 29.8 Å². The smallest absolute Gasteiger partial charge is 0.240 e. The maximum Gasteiger partial charge on any atom is 0.240 e. The molecule has 0 spiro atoms. The maximum atomic E-state index is 12.0. The van der Waals surface area contributed by atoms with Crippen molar-refractivity contribution in [1.82, 2.24) is 9.62 Å². The molecule has 0 aliphatic carbocycles. The topological polar surface area (TPSA) is 78.9 Å². The highest BCUT2D eigenvalue weighted by Crippen LogP contribution is 2.11. The Hall–Kier alpha value is -0.990. The van der Waals surface area contributed by atoms with Crippen LogP contribution in [0.1, 0.15) is 5.56 Å². The summed E-state index contributed by atoms with van der Waals surface area (Å²) in [4.78, 5) is 2.14. The predicted octanol–water partition coefficient (Wildman–Crippen LogP) is 0.0354. The Morgan fingerprint density at radius 2 is 2.05 bits per heavy atom. The number of hydrogen-bond acceptors (Lipinski definition) is 5. The van der Waals surface area contributed by atoms with Gasteiger partial charge in [0, 0.05) is 13.1 Å². The Bertz CT molecular complexity index is 503. The highest BCUT2D eigenvalue weighted by atomic mass is 32.2. The number of ether oxygens (including phenoxy) is 1. The first-order chi connectivity index (χ1) is 9.45. The molecule has 0 radical (unpaired) electrons. The number of hydrogen-bond donors (Lipinski definition) is 2. The molecule has 0 saturated carbocycles. The largest absolute Gasteiger partial charge is 0.392 e. The molecule has 0 amide bonds. The highest BCUT2D eigenvalue weighted by molar-refractivity contribution is 7.89. The minimum atomic E-state index is -3.55. The molecule has 6 nitrogen and oxygen atoms in total. The molecule has 0 aromatic heterocycles. The quantitative estimate of drug-likeness (QED) is 0.630. The number of aliphatic hydroxyl groups excluding tert-OH is 1. The second kappa shape index (κ2) is 8.33. The van der Waals surface area contributed by atoms with Crippen molar-refractivity contribution in [3.8, 4) is 0 Å². The Morgan fingerprint density at radius 1 is 1.30 bits per heavy atom. The minimum Gasteiger partial charge on any atom is -0.392 e. The lowest BCUT2D eigenvalue weighted by atomic mass is 10.2. The first-order valence-corrected chi connectivity index (χ1v) is 7.86. The van der Waals surface area contributed by atoms with Crippen LogP contribution in [-0.2, 0) is 21.4 Å². The molecule has 0 saturated heterocycles. The van der Waals surface area contributed by atoms with Gasteiger partial charge in [-0.15, -0.1) is 0 Å². The summed E-state index contributed by atoms with van der Waals surface area (Å²) in [5.41, 5.74) is 0.565. The van der Waals surface area contributed by atoms with E-state index in [9.17, 15) is 8.42 Å². The zero-order valence-corrected chi connectivity index (χ0v) is 12.7. The summed E-state index contributed by atoms with van der Waals surface area (Å²) >= 11 is 0. The number of likely N-dealkylation sites (N-methyl/N-ethyl adjacent to an activating group) is 1. The predicted molar refractivity (Wildman–Crippen MR) is 76.9 cm³/mol. The van der Waals surface area contributed by atoms with Crippen LogP contribution in [0.25, 0.3) is 0 Å². The fraction of sp³-hybridized carbons (Fsp3) is 0.538. The lowest BCUT2D eigenvalue weighted by Crippen LogP contribution is -2.28. The molecule has 1 aromatic rings. The summed E-state index contributed by atoms with van der Waals surface area (Å²) in [6.07, 6.45) is 0. The zero-order valence-electron chi connectivity index (χ0n) is 11.9. The number of rotatable bonds is 9. The Kier molecular flexibility index (Phi) is 7.11. The van der Waals surface area contributed by atoms with Crippen LogP contribution in [0.5, 0.6) is 0 Å². The van der Waals surface area contributed by atoms with E-state index in [-0.39, 0.29) is 18.0 Å². The Labute approximate surface area is 120 Å².